The topological polar surface area (TPSA) is 39.8 Å². The van der Waals surface area contributed by atoms with Crippen LogP contribution in [0.2, 0.25) is 5.02 Å². The summed E-state index contributed by atoms with van der Waals surface area (Å²) in [5, 5.41) is 0.603. The minimum atomic E-state index is -0.111. The van der Waals surface area contributed by atoms with Crippen LogP contribution in [-0.2, 0) is 7.05 Å². The van der Waals surface area contributed by atoms with Crippen LogP contribution in [0.3, 0.4) is 0 Å². The largest absolute Gasteiger partial charge is 0.333 e. The number of hydrogen-bond donors (Lipinski definition) is 0. The number of aryl methyl sites for hydroxylation is 1. The molecule has 0 N–H and O–H groups in total. The first-order valence-corrected chi connectivity index (χ1v) is 5.83. The van der Waals surface area contributed by atoms with Gasteiger partial charge in [-0.2, -0.15) is 0 Å². The lowest BCUT2D eigenvalue weighted by Crippen LogP contribution is -2.20. The first-order valence-electron chi connectivity index (χ1n) is 5.46. The van der Waals surface area contributed by atoms with Crippen LogP contribution in [0.1, 0.15) is 0 Å². The number of halogens is 1. The van der Waals surface area contributed by atoms with E-state index in [1.807, 2.05) is 12.1 Å². The molecule has 0 radical (unpaired) electrons. The van der Waals surface area contributed by atoms with Crippen LogP contribution in [0.5, 0.6) is 0 Å². The third kappa shape index (κ3) is 1.54. The van der Waals surface area contributed by atoms with Gasteiger partial charge in [0.15, 0.2) is 0 Å². The predicted octanol–water partition coefficient (Wildman–Crippen LogP) is 2.38. The number of benzene rings is 1. The standard InChI is InChI=1S/C13H10ClN3O/c1-16-11-5-4-9(14)7-12(11)17(13(16)18)10-3-2-6-15-8-10/h2-8H,1H3. The zero-order valence-electron chi connectivity index (χ0n) is 9.67. The predicted molar refractivity (Wildman–Crippen MR) is 71.3 cm³/mol. The molecular weight excluding hydrogens is 250 g/mol. The fourth-order valence-corrected chi connectivity index (χ4v) is 2.22. The summed E-state index contributed by atoms with van der Waals surface area (Å²) in [7, 11) is 1.74. The van der Waals surface area contributed by atoms with Gasteiger partial charge in [-0.05, 0) is 30.3 Å². The fraction of sp³-hybridized carbons (Fsp3) is 0.0769. The van der Waals surface area contributed by atoms with E-state index in [-0.39, 0.29) is 5.69 Å². The monoisotopic (exact) mass is 259 g/mol. The highest BCUT2D eigenvalue weighted by Crippen LogP contribution is 2.20. The molecule has 0 saturated heterocycles. The number of rotatable bonds is 1. The third-order valence-corrected chi connectivity index (χ3v) is 3.16. The van der Waals surface area contributed by atoms with Gasteiger partial charge in [0.25, 0.3) is 0 Å². The second kappa shape index (κ2) is 3.99. The summed E-state index contributed by atoms with van der Waals surface area (Å²) in [5.41, 5.74) is 2.24. The molecule has 0 saturated carbocycles. The van der Waals surface area contributed by atoms with E-state index in [0.717, 1.165) is 16.7 Å². The molecule has 90 valence electrons. The van der Waals surface area contributed by atoms with E-state index in [0.29, 0.717) is 5.02 Å². The fourth-order valence-electron chi connectivity index (χ4n) is 2.05. The maximum Gasteiger partial charge on any atom is 0.333 e. The summed E-state index contributed by atoms with van der Waals surface area (Å²) in [5.74, 6) is 0. The van der Waals surface area contributed by atoms with Gasteiger partial charge in [-0.15, -0.1) is 0 Å². The minimum absolute atomic E-state index is 0.111. The van der Waals surface area contributed by atoms with Crippen molar-refractivity contribution in [2.75, 3.05) is 0 Å². The van der Waals surface area contributed by atoms with E-state index < -0.39 is 0 Å². The molecule has 3 aromatic rings. The van der Waals surface area contributed by atoms with E-state index in [9.17, 15) is 4.79 Å². The Kier molecular flexibility index (Phi) is 2.45. The van der Waals surface area contributed by atoms with E-state index in [4.69, 9.17) is 11.6 Å². The van der Waals surface area contributed by atoms with Crippen molar-refractivity contribution in [3.63, 3.8) is 0 Å². The second-order valence-electron chi connectivity index (χ2n) is 4.02. The summed E-state index contributed by atoms with van der Waals surface area (Å²) < 4.78 is 3.20. The Labute approximate surface area is 108 Å². The van der Waals surface area contributed by atoms with E-state index in [1.54, 1.807) is 46.8 Å². The van der Waals surface area contributed by atoms with Gasteiger partial charge in [-0.1, -0.05) is 11.6 Å². The maximum absolute atomic E-state index is 12.3. The molecule has 0 spiro atoms. The molecule has 0 atom stereocenters. The molecule has 0 aliphatic rings. The lowest BCUT2D eigenvalue weighted by molar-refractivity contribution is 0.844. The number of nitrogens with zero attached hydrogens (tertiary/aromatic N) is 3. The molecule has 0 fully saturated rings. The summed E-state index contributed by atoms with van der Waals surface area (Å²) in [6.07, 6.45) is 3.33. The number of pyridine rings is 1. The molecule has 2 aromatic heterocycles. The average Bonchev–Trinajstić information content (AvgIpc) is 2.63. The highest BCUT2D eigenvalue weighted by molar-refractivity contribution is 6.31. The van der Waals surface area contributed by atoms with Gasteiger partial charge in [0, 0.05) is 18.3 Å². The lowest BCUT2D eigenvalue weighted by Gasteiger charge is -2.01. The van der Waals surface area contributed by atoms with Gasteiger partial charge in [0.1, 0.15) is 0 Å². The third-order valence-electron chi connectivity index (χ3n) is 2.92. The molecular formula is C13H10ClN3O. The quantitative estimate of drug-likeness (QED) is 0.673. The lowest BCUT2D eigenvalue weighted by atomic mass is 10.3. The molecule has 18 heavy (non-hydrogen) atoms. The Hall–Kier alpha value is -2.07. The van der Waals surface area contributed by atoms with E-state index in [1.165, 1.54) is 0 Å². The van der Waals surface area contributed by atoms with Crippen molar-refractivity contribution in [2.24, 2.45) is 7.05 Å². The first-order chi connectivity index (χ1) is 8.68. The molecule has 0 aliphatic heterocycles. The number of hydrogen-bond acceptors (Lipinski definition) is 2. The van der Waals surface area contributed by atoms with Crippen LogP contribution in [0.25, 0.3) is 16.7 Å². The number of aromatic nitrogens is 3. The molecule has 5 heteroatoms. The summed E-state index contributed by atoms with van der Waals surface area (Å²) in [6, 6.07) is 9.04. The SMILES string of the molecule is Cn1c(=O)n(-c2cccnc2)c2cc(Cl)ccc21. The minimum Gasteiger partial charge on any atom is -0.295 e. The zero-order chi connectivity index (χ0) is 12.7. The van der Waals surface area contributed by atoms with Crippen molar-refractivity contribution >= 4 is 22.6 Å². The van der Waals surface area contributed by atoms with Crippen molar-refractivity contribution in [3.05, 3.63) is 58.2 Å². The molecule has 4 nitrogen and oxygen atoms in total. The second-order valence-corrected chi connectivity index (χ2v) is 4.46. The zero-order valence-corrected chi connectivity index (χ0v) is 10.4. The van der Waals surface area contributed by atoms with Crippen LogP contribution in [0.15, 0.2) is 47.5 Å². The van der Waals surface area contributed by atoms with Crippen LogP contribution in [0, 0.1) is 0 Å². The maximum atomic E-state index is 12.3. The van der Waals surface area contributed by atoms with Gasteiger partial charge in [0.05, 0.1) is 22.9 Å². The van der Waals surface area contributed by atoms with Crippen LogP contribution in [-0.4, -0.2) is 14.1 Å². The van der Waals surface area contributed by atoms with E-state index >= 15 is 0 Å². The Bertz CT molecular complexity index is 774. The Morgan fingerprint density at radius 3 is 2.78 bits per heavy atom. The van der Waals surface area contributed by atoms with Gasteiger partial charge in [0.2, 0.25) is 0 Å². The van der Waals surface area contributed by atoms with Crippen molar-refractivity contribution in [3.8, 4) is 5.69 Å². The molecule has 2 heterocycles. The molecule has 0 aliphatic carbocycles. The Balaban J connectivity index is 2.46. The van der Waals surface area contributed by atoms with Crippen molar-refractivity contribution in [2.45, 2.75) is 0 Å². The van der Waals surface area contributed by atoms with Gasteiger partial charge < -0.3 is 0 Å². The average molecular weight is 260 g/mol. The number of fused-ring (bicyclic) bond motifs is 1. The first kappa shape index (κ1) is 11.0. The highest BCUT2D eigenvalue weighted by Gasteiger charge is 2.12. The van der Waals surface area contributed by atoms with Crippen LogP contribution >= 0.6 is 11.6 Å². The molecule has 0 bridgehead atoms. The van der Waals surface area contributed by atoms with Gasteiger partial charge >= 0.3 is 5.69 Å². The molecule has 0 unspecified atom stereocenters. The smallest absolute Gasteiger partial charge is 0.295 e. The molecule has 0 amide bonds. The number of imidazole rings is 1. The van der Waals surface area contributed by atoms with Gasteiger partial charge in [-0.25, -0.2) is 4.79 Å². The Morgan fingerprint density at radius 1 is 1.22 bits per heavy atom. The van der Waals surface area contributed by atoms with Crippen molar-refractivity contribution in [1.29, 1.82) is 0 Å². The van der Waals surface area contributed by atoms with Crippen LogP contribution in [0.4, 0.5) is 0 Å². The van der Waals surface area contributed by atoms with Crippen molar-refractivity contribution in [1.82, 2.24) is 14.1 Å². The molecule has 3 rings (SSSR count). The highest BCUT2D eigenvalue weighted by atomic mass is 35.5. The van der Waals surface area contributed by atoms with Crippen molar-refractivity contribution < 1.29 is 0 Å². The summed E-state index contributed by atoms with van der Waals surface area (Å²) in [4.78, 5) is 16.3. The summed E-state index contributed by atoms with van der Waals surface area (Å²) in [6.45, 7) is 0. The molecule has 1 aromatic carbocycles. The summed E-state index contributed by atoms with van der Waals surface area (Å²) >= 11 is 6.00. The normalized spacial score (nSPS) is 11.0. The van der Waals surface area contributed by atoms with E-state index in [2.05, 4.69) is 4.98 Å². The Morgan fingerprint density at radius 2 is 2.06 bits per heavy atom. The van der Waals surface area contributed by atoms with Crippen LogP contribution < -0.4 is 5.69 Å². The van der Waals surface area contributed by atoms with Gasteiger partial charge in [-0.3, -0.25) is 14.1 Å².